The van der Waals surface area contributed by atoms with Gasteiger partial charge in [-0.05, 0) is 41.8 Å². The molecule has 0 aliphatic carbocycles. The summed E-state index contributed by atoms with van der Waals surface area (Å²) < 4.78 is 41.2. The van der Waals surface area contributed by atoms with Crippen molar-refractivity contribution < 1.29 is 27.4 Å². The number of hydrogen-bond acceptors (Lipinski definition) is 6. The second-order valence-corrected chi connectivity index (χ2v) is 8.89. The van der Waals surface area contributed by atoms with Crippen molar-refractivity contribution in [2.75, 3.05) is 26.0 Å². The van der Waals surface area contributed by atoms with Crippen molar-refractivity contribution in [3.05, 3.63) is 58.1 Å². The first-order valence-electron chi connectivity index (χ1n) is 9.10. The number of carbonyl (C=O) groups is 1. The van der Waals surface area contributed by atoms with E-state index in [0.717, 1.165) is 18.2 Å². The van der Waals surface area contributed by atoms with Gasteiger partial charge in [-0.3, -0.25) is 0 Å². The summed E-state index contributed by atoms with van der Waals surface area (Å²) >= 11 is 6.25. The minimum Gasteiger partial charge on any atom is -0.489 e. The van der Waals surface area contributed by atoms with Crippen LogP contribution in [0.5, 0.6) is 11.5 Å². The van der Waals surface area contributed by atoms with Crippen LogP contribution in [0.15, 0.2) is 36.4 Å². The molecule has 1 aliphatic heterocycles. The second kappa shape index (κ2) is 9.47. The average Bonchev–Trinajstić information content (AvgIpc) is 2.91. The van der Waals surface area contributed by atoms with E-state index in [1.807, 2.05) is 0 Å². The molecule has 7 nitrogen and oxygen atoms in total. The van der Waals surface area contributed by atoms with E-state index in [1.165, 1.54) is 0 Å². The van der Waals surface area contributed by atoms with Crippen LogP contribution in [-0.4, -0.2) is 40.4 Å². The van der Waals surface area contributed by atoms with Crippen LogP contribution in [0.25, 0.3) is 0 Å². The Labute approximate surface area is 175 Å². The SMILES string of the molecule is CS(=O)(=O)NCCc1ccc(C(=O)OCc2cc(Cl)c3c(c2)OCCCO3)cc1. The van der Waals surface area contributed by atoms with E-state index in [1.54, 1.807) is 36.4 Å². The Kier molecular flexibility index (Phi) is 7.00. The quantitative estimate of drug-likeness (QED) is 0.667. The van der Waals surface area contributed by atoms with E-state index in [0.29, 0.717) is 53.8 Å². The number of halogens is 1. The minimum absolute atomic E-state index is 0.0508. The maximum absolute atomic E-state index is 12.3. The van der Waals surface area contributed by atoms with Crippen molar-refractivity contribution in [1.82, 2.24) is 4.72 Å². The number of rotatable bonds is 7. The molecule has 1 heterocycles. The summed E-state index contributed by atoms with van der Waals surface area (Å²) in [6.07, 6.45) is 2.41. The number of fused-ring (bicyclic) bond motifs is 1. The zero-order valence-electron chi connectivity index (χ0n) is 15.9. The van der Waals surface area contributed by atoms with Gasteiger partial charge in [-0.25, -0.2) is 17.9 Å². The van der Waals surface area contributed by atoms with Gasteiger partial charge in [-0.15, -0.1) is 0 Å². The molecule has 0 spiro atoms. The maximum atomic E-state index is 12.3. The van der Waals surface area contributed by atoms with Crippen molar-refractivity contribution in [3.8, 4) is 11.5 Å². The maximum Gasteiger partial charge on any atom is 0.338 e. The van der Waals surface area contributed by atoms with Crippen molar-refractivity contribution in [1.29, 1.82) is 0 Å². The smallest absolute Gasteiger partial charge is 0.338 e. The molecular formula is C20H22ClNO6S. The van der Waals surface area contributed by atoms with Gasteiger partial charge in [0.15, 0.2) is 11.5 Å². The van der Waals surface area contributed by atoms with Crippen molar-refractivity contribution >= 4 is 27.6 Å². The normalized spacial score (nSPS) is 13.6. The summed E-state index contributed by atoms with van der Waals surface area (Å²) in [6, 6.07) is 10.3. The van der Waals surface area contributed by atoms with E-state index in [-0.39, 0.29) is 6.61 Å². The topological polar surface area (TPSA) is 90.9 Å². The fraction of sp³-hybridized carbons (Fsp3) is 0.350. The molecule has 0 saturated carbocycles. The molecule has 3 rings (SSSR count). The summed E-state index contributed by atoms with van der Waals surface area (Å²) in [7, 11) is -3.21. The first-order chi connectivity index (χ1) is 13.8. The molecule has 0 amide bonds. The lowest BCUT2D eigenvalue weighted by atomic mass is 10.1. The van der Waals surface area contributed by atoms with Gasteiger partial charge in [-0.2, -0.15) is 0 Å². The molecule has 1 N–H and O–H groups in total. The standard InChI is InChI=1S/C20H22ClNO6S/c1-29(24,25)22-8-7-14-3-5-16(6-4-14)20(23)28-13-15-11-17(21)19-18(12-15)26-9-2-10-27-19/h3-6,11-12,22H,2,7-10,13H2,1H3. The lowest BCUT2D eigenvalue weighted by Crippen LogP contribution is -2.24. The van der Waals surface area contributed by atoms with Crippen molar-refractivity contribution in [2.45, 2.75) is 19.4 Å². The molecule has 0 fully saturated rings. The highest BCUT2D eigenvalue weighted by Crippen LogP contribution is 2.38. The fourth-order valence-corrected chi connectivity index (χ4v) is 3.55. The highest BCUT2D eigenvalue weighted by molar-refractivity contribution is 7.88. The first-order valence-corrected chi connectivity index (χ1v) is 11.4. The Morgan fingerprint density at radius 2 is 1.86 bits per heavy atom. The van der Waals surface area contributed by atoms with E-state index in [9.17, 15) is 13.2 Å². The highest BCUT2D eigenvalue weighted by atomic mass is 35.5. The van der Waals surface area contributed by atoms with Gasteiger partial charge < -0.3 is 14.2 Å². The Bertz CT molecular complexity index is 975. The van der Waals surface area contributed by atoms with Gasteiger partial charge in [0.05, 0.1) is 30.1 Å². The Balaban J connectivity index is 1.57. The van der Waals surface area contributed by atoms with Crippen LogP contribution in [0.4, 0.5) is 0 Å². The molecule has 0 atom stereocenters. The van der Waals surface area contributed by atoms with Gasteiger partial charge in [0.2, 0.25) is 10.0 Å². The van der Waals surface area contributed by atoms with Crippen LogP contribution >= 0.6 is 11.6 Å². The molecule has 29 heavy (non-hydrogen) atoms. The third-order valence-corrected chi connectivity index (χ3v) is 5.21. The molecule has 156 valence electrons. The molecule has 0 aromatic heterocycles. The van der Waals surface area contributed by atoms with Crippen molar-refractivity contribution in [3.63, 3.8) is 0 Å². The summed E-state index contributed by atoms with van der Waals surface area (Å²) in [5.41, 5.74) is 2.02. The van der Waals surface area contributed by atoms with Crippen LogP contribution in [0.2, 0.25) is 5.02 Å². The summed E-state index contributed by atoms with van der Waals surface area (Å²) in [5.74, 6) is 0.599. The minimum atomic E-state index is -3.21. The largest absolute Gasteiger partial charge is 0.489 e. The third-order valence-electron chi connectivity index (χ3n) is 4.20. The van der Waals surface area contributed by atoms with Gasteiger partial charge in [0, 0.05) is 13.0 Å². The number of benzene rings is 2. The second-order valence-electron chi connectivity index (χ2n) is 6.64. The van der Waals surface area contributed by atoms with Crippen molar-refractivity contribution in [2.24, 2.45) is 0 Å². The summed E-state index contributed by atoms with van der Waals surface area (Å²) in [4.78, 5) is 12.3. The molecule has 9 heteroatoms. The number of sulfonamides is 1. The van der Waals surface area contributed by atoms with Gasteiger partial charge >= 0.3 is 5.97 Å². The van der Waals surface area contributed by atoms with E-state index in [4.69, 9.17) is 25.8 Å². The van der Waals surface area contributed by atoms with Crippen LogP contribution < -0.4 is 14.2 Å². The van der Waals surface area contributed by atoms with Crippen LogP contribution in [0, 0.1) is 0 Å². The molecule has 0 unspecified atom stereocenters. The molecule has 2 aromatic carbocycles. The number of carbonyl (C=O) groups excluding carboxylic acids is 1. The van der Waals surface area contributed by atoms with Gasteiger partial charge in [-0.1, -0.05) is 23.7 Å². The molecule has 0 bridgehead atoms. The molecule has 1 aliphatic rings. The monoisotopic (exact) mass is 439 g/mol. The van der Waals surface area contributed by atoms with Crippen LogP contribution in [0.1, 0.15) is 27.9 Å². The lowest BCUT2D eigenvalue weighted by Gasteiger charge is -2.12. The number of nitrogens with one attached hydrogen (secondary N) is 1. The zero-order chi connectivity index (χ0) is 20.9. The predicted molar refractivity (Wildman–Crippen MR) is 109 cm³/mol. The third kappa shape index (κ3) is 6.35. The lowest BCUT2D eigenvalue weighted by molar-refractivity contribution is 0.0472. The van der Waals surface area contributed by atoms with E-state index >= 15 is 0 Å². The molecule has 0 radical (unpaired) electrons. The highest BCUT2D eigenvalue weighted by Gasteiger charge is 2.16. The summed E-state index contributed by atoms with van der Waals surface area (Å²) in [5, 5.41) is 0.419. The molecule has 2 aromatic rings. The van der Waals surface area contributed by atoms with Gasteiger partial charge in [0.1, 0.15) is 6.61 Å². The molecular weight excluding hydrogens is 418 g/mol. The predicted octanol–water partition coefficient (Wildman–Crippen LogP) is 2.95. The number of hydrogen-bond donors (Lipinski definition) is 1. The number of esters is 1. The Hall–Kier alpha value is -2.29. The average molecular weight is 440 g/mol. The fourth-order valence-electron chi connectivity index (χ4n) is 2.79. The zero-order valence-corrected chi connectivity index (χ0v) is 17.5. The summed E-state index contributed by atoms with van der Waals surface area (Å²) in [6.45, 7) is 1.43. The van der Waals surface area contributed by atoms with E-state index in [2.05, 4.69) is 4.72 Å². The van der Waals surface area contributed by atoms with Crippen LogP contribution in [0.3, 0.4) is 0 Å². The molecule has 0 saturated heterocycles. The first kappa shape index (κ1) is 21.4. The van der Waals surface area contributed by atoms with Gasteiger partial charge in [0.25, 0.3) is 0 Å². The Morgan fingerprint density at radius 3 is 2.59 bits per heavy atom. The Morgan fingerprint density at radius 1 is 1.14 bits per heavy atom. The van der Waals surface area contributed by atoms with E-state index < -0.39 is 16.0 Å². The number of ether oxygens (including phenoxy) is 3. The van der Waals surface area contributed by atoms with Crippen LogP contribution in [-0.2, 0) is 27.8 Å².